The highest BCUT2D eigenvalue weighted by Gasteiger charge is 2.09. The normalized spacial score (nSPS) is 13.4. The lowest BCUT2D eigenvalue weighted by atomic mass is 10.2. The van der Waals surface area contributed by atoms with Crippen molar-refractivity contribution in [1.82, 2.24) is 9.78 Å². The van der Waals surface area contributed by atoms with Crippen molar-refractivity contribution in [1.29, 1.82) is 0 Å². The summed E-state index contributed by atoms with van der Waals surface area (Å²) in [6, 6.07) is 0. The Morgan fingerprint density at radius 2 is 2.12 bits per heavy atom. The first-order valence-electron chi connectivity index (χ1n) is 5.86. The molecule has 1 rings (SSSR count). The molecule has 1 heterocycles. The minimum Gasteiger partial charge on any atom is -0.372 e. The second kappa shape index (κ2) is 6.40. The van der Waals surface area contributed by atoms with E-state index in [9.17, 15) is 0 Å². The largest absolute Gasteiger partial charge is 0.372 e. The van der Waals surface area contributed by atoms with E-state index in [0.29, 0.717) is 18.6 Å². The minimum atomic E-state index is 0.294. The first kappa shape index (κ1) is 13.7. The third kappa shape index (κ3) is 4.26. The van der Waals surface area contributed by atoms with Crippen molar-refractivity contribution in [3.8, 4) is 0 Å². The van der Waals surface area contributed by atoms with E-state index in [1.807, 2.05) is 10.9 Å². The van der Waals surface area contributed by atoms with E-state index >= 15 is 0 Å². The van der Waals surface area contributed by atoms with Gasteiger partial charge in [-0.2, -0.15) is 5.10 Å². The second-order valence-corrected chi connectivity index (χ2v) is 5.42. The van der Waals surface area contributed by atoms with Crippen LogP contribution in [0.1, 0.15) is 39.8 Å². The molecule has 1 atom stereocenters. The molecule has 0 saturated carbocycles. The predicted molar refractivity (Wildman–Crippen MR) is 69.3 cm³/mol. The van der Waals surface area contributed by atoms with Crippen LogP contribution in [0.15, 0.2) is 10.7 Å². The number of aromatic nitrogens is 2. The van der Waals surface area contributed by atoms with Gasteiger partial charge in [0.15, 0.2) is 0 Å². The maximum absolute atomic E-state index is 5.67. The van der Waals surface area contributed by atoms with Gasteiger partial charge in [-0.1, -0.05) is 20.8 Å². The average molecular weight is 289 g/mol. The van der Waals surface area contributed by atoms with E-state index in [1.54, 1.807) is 0 Å². The van der Waals surface area contributed by atoms with E-state index in [1.165, 1.54) is 0 Å². The summed E-state index contributed by atoms with van der Waals surface area (Å²) in [5, 5.41) is 4.50. The fourth-order valence-electron chi connectivity index (χ4n) is 1.34. The first-order valence-corrected chi connectivity index (χ1v) is 6.65. The van der Waals surface area contributed by atoms with Crippen molar-refractivity contribution >= 4 is 15.9 Å². The zero-order valence-electron chi connectivity index (χ0n) is 10.5. The van der Waals surface area contributed by atoms with Gasteiger partial charge in [-0.3, -0.25) is 4.68 Å². The van der Waals surface area contributed by atoms with Gasteiger partial charge in [0.2, 0.25) is 0 Å². The lowest BCUT2D eigenvalue weighted by Crippen LogP contribution is -2.08. The molecule has 4 heteroatoms. The molecule has 0 amide bonds. The molecule has 0 unspecified atom stereocenters. The monoisotopic (exact) mass is 288 g/mol. The van der Waals surface area contributed by atoms with Crippen LogP contribution in [0.4, 0.5) is 0 Å². The Hall–Kier alpha value is -0.350. The molecule has 0 bridgehead atoms. The van der Waals surface area contributed by atoms with Crippen LogP contribution in [-0.2, 0) is 17.9 Å². The van der Waals surface area contributed by atoms with Crippen LogP contribution >= 0.6 is 15.9 Å². The van der Waals surface area contributed by atoms with E-state index in [-0.39, 0.29) is 0 Å². The molecule has 0 aliphatic rings. The van der Waals surface area contributed by atoms with Crippen molar-refractivity contribution in [3.63, 3.8) is 0 Å². The molecule has 0 aliphatic heterocycles. The topological polar surface area (TPSA) is 27.1 Å². The van der Waals surface area contributed by atoms with Crippen molar-refractivity contribution in [2.24, 2.45) is 5.92 Å². The van der Waals surface area contributed by atoms with Crippen molar-refractivity contribution in [2.75, 3.05) is 0 Å². The first-order chi connectivity index (χ1) is 7.52. The molecule has 0 N–H and O–H groups in total. The number of halogens is 1. The molecule has 1 aromatic rings. The summed E-state index contributed by atoms with van der Waals surface area (Å²) in [5.41, 5.74) is 0.987. The van der Waals surface area contributed by atoms with Gasteiger partial charge in [-0.15, -0.1) is 0 Å². The second-order valence-electron chi connectivity index (χ2n) is 4.57. The molecular formula is C12H21BrN2O. The van der Waals surface area contributed by atoms with Crippen LogP contribution in [0.5, 0.6) is 0 Å². The van der Waals surface area contributed by atoms with Crippen molar-refractivity contribution in [2.45, 2.75) is 53.4 Å². The molecule has 1 aromatic heterocycles. The highest BCUT2D eigenvalue weighted by molar-refractivity contribution is 9.10. The Kier molecular flexibility index (Phi) is 5.49. The van der Waals surface area contributed by atoms with Gasteiger partial charge in [-0.05, 0) is 35.2 Å². The number of hydrogen-bond donors (Lipinski definition) is 0. The fourth-order valence-corrected chi connectivity index (χ4v) is 1.77. The van der Waals surface area contributed by atoms with E-state index in [4.69, 9.17) is 4.74 Å². The SMILES string of the molecule is CC[C@@H](C)OCc1nn(CC(C)C)cc1Br. The van der Waals surface area contributed by atoms with Crippen LogP contribution in [-0.4, -0.2) is 15.9 Å². The molecule has 16 heavy (non-hydrogen) atoms. The highest BCUT2D eigenvalue weighted by atomic mass is 79.9. The van der Waals surface area contributed by atoms with Gasteiger partial charge in [-0.25, -0.2) is 0 Å². The number of rotatable bonds is 6. The molecule has 0 fully saturated rings. The summed E-state index contributed by atoms with van der Waals surface area (Å²) in [6.45, 7) is 10.1. The Balaban J connectivity index is 2.56. The van der Waals surface area contributed by atoms with Crippen LogP contribution in [0.3, 0.4) is 0 Å². The molecule has 0 radical (unpaired) electrons. The predicted octanol–water partition coefficient (Wildman–Crippen LogP) is 3.62. The molecule has 0 saturated heterocycles. The lowest BCUT2D eigenvalue weighted by Gasteiger charge is -2.09. The zero-order valence-corrected chi connectivity index (χ0v) is 12.1. The molecule has 92 valence electrons. The van der Waals surface area contributed by atoms with Crippen LogP contribution < -0.4 is 0 Å². The number of hydrogen-bond acceptors (Lipinski definition) is 2. The summed E-state index contributed by atoms with van der Waals surface area (Å²) in [5.74, 6) is 0.607. The minimum absolute atomic E-state index is 0.294. The highest BCUT2D eigenvalue weighted by Crippen LogP contribution is 2.17. The quantitative estimate of drug-likeness (QED) is 0.799. The van der Waals surface area contributed by atoms with Gasteiger partial charge >= 0.3 is 0 Å². The molecule has 0 spiro atoms. The van der Waals surface area contributed by atoms with Crippen molar-refractivity contribution < 1.29 is 4.74 Å². The van der Waals surface area contributed by atoms with Gasteiger partial charge in [0.05, 0.1) is 17.2 Å². The van der Waals surface area contributed by atoms with Gasteiger partial charge < -0.3 is 4.74 Å². The van der Waals surface area contributed by atoms with Gasteiger partial charge in [0.25, 0.3) is 0 Å². The Bertz CT molecular complexity index is 323. The molecule has 0 aliphatic carbocycles. The summed E-state index contributed by atoms with van der Waals surface area (Å²) in [7, 11) is 0. The van der Waals surface area contributed by atoms with Gasteiger partial charge in [0, 0.05) is 12.7 Å². The number of nitrogens with zero attached hydrogens (tertiary/aromatic N) is 2. The van der Waals surface area contributed by atoms with Gasteiger partial charge in [0.1, 0.15) is 5.69 Å². The Labute approximate surface area is 106 Å². The summed E-state index contributed by atoms with van der Waals surface area (Å²) < 4.78 is 8.69. The zero-order chi connectivity index (χ0) is 12.1. The maximum Gasteiger partial charge on any atom is 0.102 e. The fraction of sp³-hybridized carbons (Fsp3) is 0.750. The standard InChI is InChI=1S/C12H21BrN2O/c1-5-10(4)16-8-12-11(13)7-15(14-12)6-9(2)3/h7,9-10H,5-6,8H2,1-4H3/t10-/m1/s1. The molecule has 0 aromatic carbocycles. The molecular weight excluding hydrogens is 268 g/mol. The van der Waals surface area contributed by atoms with E-state index in [0.717, 1.165) is 23.1 Å². The maximum atomic E-state index is 5.67. The third-order valence-electron chi connectivity index (χ3n) is 2.42. The van der Waals surface area contributed by atoms with Crippen LogP contribution in [0, 0.1) is 5.92 Å². The summed E-state index contributed by atoms with van der Waals surface area (Å²) >= 11 is 3.52. The van der Waals surface area contributed by atoms with E-state index < -0.39 is 0 Å². The summed E-state index contributed by atoms with van der Waals surface area (Å²) in [4.78, 5) is 0. The third-order valence-corrected chi connectivity index (χ3v) is 3.08. The number of ether oxygens (including phenoxy) is 1. The smallest absolute Gasteiger partial charge is 0.102 e. The van der Waals surface area contributed by atoms with E-state index in [2.05, 4.69) is 48.7 Å². The molecule has 3 nitrogen and oxygen atoms in total. The summed E-state index contributed by atoms with van der Waals surface area (Å²) in [6.07, 6.45) is 3.35. The Morgan fingerprint density at radius 3 is 2.69 bits per heavy atom. The van der Waals surface area contributed by atoms with Crippen molar-refractivity contribution in [3.05, 3.63) is 16.4 Å². The Morgan fingerprint density at radius 1 is 1.44 bits per heavy atom. The van der Waals surface area contributed by atoms with Crippen LogP contribution in [0.2, 0.25) is 0 Å². The average Bonchev–Trinajstić information content (AvgIpc) is 2.54. The lowest BCUT2D eigenvalue weighted by molar-refractivity contribution is 0.0482. The van der Waals surface area contributed by atoms with Crippen LogP contribution in [0.25, 0.3) is 0 Å².